The van der Waals surface area contributed by atoms with E-state index in [1.165, 1.54) is 0 Å². The van der Waals surface area contributed by atoms with Crippen molar-refractivity contribution in [2.24, 2.45) is 0 Å². The van der Waals surface area contributed by atoms with Crippen LogP contribution in [0.1, 0.15) is 70.2 Å². The minimum Gasteiger partial charge on any atom is -0.444 e. The molecular weight excluding hydrogens is 843 g/mol. The smallest absolute Gasteiger partial charge is 0.412 e. The van der Waals surface area contributed by atoms with Crippen molar-refractivity contribution < 1.29 is 38.2 Å². The Bertz CT molecular complexity index is 2210. The van der Waals surface area contributed by atoms with Crippen LogP contribution in [0.4, 0.5) is 20.1 Å². The second-order valence-electron chi connectivity index (χ2n) is 17.1. The van der Waals surface area contributed by atoms with Crippen molar-refractivity contribution in [2.45, 2.75) is 82.4 Å². The van der Waals surface area contributed by atoms with Crippen LogP contribution in [0.15, 0.2) is 146 Å². The first kappa shape index (κ1) is 49.2. The van der Waals surface area contributed by atoms with Gasteiger partial charge in [-0.1, -0.05) is 121 Å². The van der Waals surface area contributed by atoms with Gasteiger partial charge in [-0.05, 0) is 94.5 Å². The van der Waals surface area contributed by atoms with E-state index in [0.29, 0.717) is 17.0 Å². The molecule has 0 saturated carbocycles. The first-order chi connectivity index (χ1) is 31.0. The van der Waals surface area contributed by atoms with E-state index in [-0.39, 0.29) is 31.7 Å². The molecule has 2 unspecified atom stereocenters. The predicted octanol–water partition coefficient (Wildman–Crippen LogP) is 8.97. The van der Waals surface area contributed by atoms with Crippen molar-refractivity contribution >= 4 is 47.5 Å². The number of para-hydroxylation sites is 1. The number of benzene rings is 5. The van der Waals surface area contributed by atoms with Crippen molar-refractivity contribution in [3.63, 3.8) is 0 Å². The summed E-state index contributed by atoms with van der Waals surface area (Å²) in [4.78, 5) is 65.5. The van der Waals surface area contributed by atoms with Gasteiger partial charge in [-0.15, -0.1) is 11.8 Å². The van der Waals surface area contributed by atoms with Gasteiger partial charge >= 0.3 is 18.3 Å². The summed E-state index contributed by atoms with van der Waals surface area (Å²) >= 11 is 1.70. The summed E-state index contributed by atoms with van der Waals surface area (Å²) in [6, 6.07) is 44.1. The monoisotopic (exact) mass is 901 g/mol. The van der Waals surface area contributed by atoms with E-state index < -0.39 is 58.1 Å². The molecular formula is C51H59N5O8S. The van der Waals surface area contributed by atoms with Crippen molar-refractivity contribution in [1.29, 1.82) is 0 Å². The van der Waals surface area contributed by atoms with Crippen molar-refractivity contribution in [3.8, 4) is 5.75 Å². The van der Waals surface area contributed by atoms with Gasteiger partial charge < -0.3 is 40.8 Å². The third kappa shape index (κ3) is 15.7. The minimum absolute atomic E-state index is 0.0206. The normalized spacial score (nSPS) is 12.4. The molecule has 0 aliphatic rings. The number of rotatable bonds is 18. The summed E-state index contributed by atoms with van der Waals surface area (Å²) in [7, 11) is 0. The summed E-state index contributed by atoms with van der Waals surface area (Å²) in [6.07, 6.45) is -2.14. The van der Waals surface area contributed by atoms with Crippen LogP contribution in [-0.4, -0.2) is 72.2 Å². The van der Waals surface area contributed by atoms with Crippen LogP contribution in [0.5, 0.6) is 5.75 Å². The van der Waals surface area contributed by atoms with Gasteiger partial charge in [0.15, 0.2) is 0 Å². The maximum Gasteiger partial charge on any atom is 0.412 e. The molecule has 5 N–H and O–H groups in total. The second kappa shape index (κ2) is 23.2. The fourth-order valence-corrected chi connectivity index (χ4v) is 8.21. The van der Waals surface area contributed by atoms with Gasteiger partial charge in [0, 0.05) is 31.0 Å². The van der Waals surface area contributed by atoms with Gasteiger partial charge in [0.2, 0.25) is 11.8 Å². The Morgan fingerprint density at radius 1 is 0.523 bits per heavy atom. The minimum atomic E-state index is -1.04. The Morgan fingerprint density at radius 2 is 0.985 bits per heavy atom. The standard InChI is InChI=1S/C51H59N5O8S/c1-49(2,3)63-47(60)55-42(44(57)52-33-34-65-51(37-19-11-7-12-20-37,38-21-13-8-14-22-38)39-23-15-9-16-24-39)31-32-53-46(59)62-41-29-27-36(28-30-41)35-43(56-48(61)64-50(4,5)6)45(58)54-40-25-17-10-18-26-40/h7-30,42-43H,31-35H2,1-6H3,(H,52,57)(H,53,59)(H,54,58)(H,55,60)(H,56,61). The number of carbonyl (C=O) groups is 5. The average molecular weight is 902 g/mol. The number of hydrogen-bond donors (Lipinski definition) is 5. The van der Waals surface area contributed by atoms with Crippen molar-refractivity contribution in [3.05, 3.63) is 168 Å². The van der Waals surface area contributed by atoms with Crippen LogP contribution in [-0.2, 0) is 30.2 Å². The van der Waals surface area contributed by atoms with E-state index >= 15 is 0 Å². The molecule has 0 aliphatic carbocycles. The molecule has 342 valence electrons. The predicted molar refractivity (Wildman–Crippen MR) is 255 cm³/mol. The zero-order valence-corrected chi connectivity index (χ0v) is 38.5. The third-order valence-electron chi connectivity index (χ3n) is 9.59. The fraction of sp³-hybridized carbons (Fsp3) is 0.314. The molecule has 0 spiro atoms. The molecule has 5 amide bonds. The molecule has 0 fully saturated rings. The Labute approximate surface area is 385 Å². The zero-order chi connectivity index (χ0) is 46.9. The molecule has 0 heterocycles. The molecule has 13 nitrogen and oxygen atoms in total. The number of anilines is 1. The lowest BCUT2D eigenvalue weighted by molar-refractivity contribution is -0.123. The summed E-state index contributed by atoms with van der Waals surface area (Å²) < 4.78 is 15.8. The molecule has 5 aromatic carbocycles. The number of hydrogen-bond acceptors (Lipinski definition) is 9. The third-order valence-corrected chi connectivity index (χ3v) is 11.1. The highest BCUT2D eigenvalue weighted by atomic mass is 32.2. The van der Waals surface area contributed by atoms with E-state index in [1.807, 2.05) is 60.7 Å². The lowest BCUT2D eigenvalue weighted by Gasteiger charge is -2.35. The number of nitrogens with one attached hydrogen (secondary N) is 5. The van der Waals surface area contributed by atoms with Gasteiger partial charge in [-0.2, -0.15) is 0 Å². The Kier molecular flexibility index (Phi) is 17.6. The topological polar surface area (TPSA) is 173 Å². The molecule has 65 heavy (non-hydrogen) atoms. The number of ether oxygens (including phenoxy) is 3. The molecule has 0 saturated heterocycles. The van der Waals surface area contributed by atoms with Crippen LogP contribution in [0.25, 0.3) is 0 Å². The summed E-state index contributed by atoms with van der Waals surface area (Å²) in [6.45, 7) is 10.6. The molecule has 14 heteroatoms. The van der Waals surface area contributed by atoms with Gasteiger partial charge in [-0.3, -0.25) is 9.59 Å². The highest BCUT2D eigenvalue weighted by Crippen LogP contribution is 2.48. The van der Waals surface area contributed by atoms with Gasteiger partial charge in [-0.25, -0.2) is 14.4 Å². The first-order valence-corrected chi connectivity index (χ1v) is 22.5. The van der Waals surface area contributed by atoms with Crippen LogP contribution < -0.4 is 31.3 Å². The maximum atomic E-state index is 13.7. The van der Waals surface area contributed by atoms with Crippen LogP contribution in [0, 0.1) is 0 Å². The number of alkyl carbamates (subject to hydrolysis) is 2. The highest BCUT2D eigenvalue weighted by Gasteiger charge is 2.37. The first-order valence-electron chi connectivity index (χ1n) is 21.5. The van der Waals surface area contributed by atoms with Crippen molar-refractivity contribution in [1.82, 2.24) is 21.3 Å². The molecule has 0 aliphatic heterocycles. The average Bonchev–Trinajstić information content (AvgIpc) is 3.26. The van der Waals surface area contributed by atoms with Crippen LogP contribution in [0.2, 0.25) is 0 Å². The molecule has 0 aromatic heterocycles. The molecule has 0 radical (unpaired) electrons. The second-order valence-corrected chi connectivity index (χ2v) is 18.4. The fourth-order valence-electron chi connectivity index (χ4n) is 6.79. The van der Waals surface area contributed by atoms with E-state index in [1.54, 1.807) is 102 Å². The summed E-state index contributed by atoms with van der Waals surface area (Å²) in [5.74, 6) is -0.142. The number of carbonyl (C=O) groups excluding carboxylic acids is 5. The van der Waals surface area contributed by atoms with Gasteiger partial charge in [0.1, 0.15) is 29.0 Å². The van der Waals surface area contributed by atoms with Crippen molar-refractivity contribution in [2.75, 3.05) is 24.2 Å². The number of amides is 5. The molecule has 0 bridgehead atoms. The van der Waals surface area contributed by atoms with E-state index in [2.05, 4.69) is 63.0 Å². The number of thioether (sulfide) groups is 1. The zero-order valence-electron chi connectivity index (χ0n) is 37.7. The lowest BCUT2D eigenvalue weighted by Crippen LogP contribution is -2.50. The van der Waals surface area contributed by atoms with Gasteiger partial charge in [0.05, 0.1) is 4.75 Å². The van der Waals surface area contributed by atoms with Crippen LogP contribution in [0.3, 0.4) is 0 Å². The quantitative estimate of drug-likeness (QED) is 0.0425. The van der Waals surface area contributed by atoms with Gasteiger partial charge in [0.25, 0.3) is 0 Å². The largest absolute Gasteiger partial charge is 0.444 e. The Balaban J connectivity index is 1.19. The van der Waals surface area contributed by atoms with E-state index in [0.717, 1.165) is 16.7 Å². The molecule has 5 rings (SSSR count). The lowest BCUT2D eigenvalue weighted by atomic mass is 9.84. The Hall–Kier alpha value is -6.80. The van der Waals surface area contributed by atoms with Crippen LogP contribution >= 0.6 is 11.8 Å². The summed E-state index contributed by atoms with van der Waals surface area (Å²) in [5, 5.41) is 13.8. The van der Waals surface area contributed by atoms with E-state index in [4.69, 9.17) is 14.2 Å². The maximum absolute atomic E-state index is 13.7. The Morgan fingerprint density at radius 3 is 1.46 bits per heavy atom. The summed E-state index contributed by atoms with van der Waals surface area (Å²) in [5.41, 5.74) is 2.95. The highest BCUT2D eigenvalue weighted by molar-refractivity contribution is 8.00. The molecule has 2 atom stereocenters. The van der Waals surface area contributed by atoms with E-state index in [9.17, 15) is 24.0 Å². The molecule has 5 aromatic rings. The SMILES string of the molecule is CC(C)(C)OC(=O)NC(CCNC(=O)Oc1ccc(CC(NC(=O)OC(C)(C)C)C(=O)Nc2ccccc2)cc1)C(=O)NCCSC(c1ccccc1)(c1ccccc1)c1ccccc1.